The third-order valence-corrected chi connectivity index (χ3v) is 2.36. The molecule has 1 atom stereocenters. The Kier molecular flexibility index (Phi) is 4.15. The van der Waals surface area contributed by atoms with E-state index in [1.807, 2.05) is 24.3 Å². The number of hydrogen-bond donors (Lipinski definition) is 1. The molecule has 0 bridgehead atoms. The van der Waals surface area contributed by atoms with E-state index in [0.29, 0.717) is 6.42 Å². The summed E-state index contributed by atoms with van der Waals surface area (Å²) in [5, 5.41) is 17.7. The zero-order chi connectivity index (χ0) is 10.4. The smallest absolute Gasteiger partial charge is 0.0734 e. The first-order chi connectivity index (χ1) is 6.81. The second kappa shape index (κ2) is 5.41. The van der Waals surface area contributed by atoms with E-state index in [-0.39, 0.29) is 12.5 Å². The number of aliphatic hydroxyl groups excluding tert-OH is 1. The van der Waals surface area contributed by atoms with E-state index >= 15 is 0 Å². The highest BCUT2D eigenvalue weighted by Gasteiger charge is 2.08. The third-order valence-electron chi connectivity index (χ3n) is 2.36. The highest BCUT2D eigenvalue weighted by Crippen LogP contribution is 2.18. The van der Waals surface area contributed by atoms with Crippen LogP contribution in [0.2, 0.25) is 0 Å². The highest BCUT2D eigenvalue weighted by atomic mass is 16.3. The summed E-state index contributed by atoms with van der Waals surface area (Å²) in [6.45, 7) is 2.16. The fourth-order valence-electron chi connectivity index (χ4n) is 1.42. The second-order valence-electron chi connectivity index (χ2n) is 3.29. The van der Waals surface area contributed by atoms with Crippen LogP contribution in [0.5, 0.6) is 0 Å². The Hall–Kier alpha value is -1.33. The van der Waals surface area contributed by atoms with Crippen LogP contribution in [0.25, 0.3) is 0 Å². The monoisotopic (exact) mass is 189 g/mol. The summed E-state index contributed by atoms with van der Waals surface area (Å²) in [7, 11) is 0. The number of nitrogens with zero attached hydrogens (tertiary/aromatic N) is 1. The van der Waals surface area contributed by atoms with Gasteiger partial charge in [0.1, 0.15) is 0 Å². The van der Waals surface area contributed by atoms with E-state index < -0.39 is 0 Å². The summed E-state index contributed by atoms with van der Waals surface area (Å²) in [6, 6.07) is 10.2. The minimum Gasteiger partial charge on any atom is -0.396 e. The molecule has 0 spiro atoms. The van der Waals surface area contributed by atoms with Crippen LogP contribution in [0.15, 0.2) is 24.3 Å². The van der Waals surface area contributed by atoms with Gasteiger partial charge in [0.25, 0.3) is 0 Å². The van der Waals surface area contributed by atoms with E-state index in [4.69, 9.17) is 10.4 Å². The maximum absolute atomic E-state index is 8.88. The van der Waals surface area contributed by atoms with Gasteiger partial charge in [-0.15, -0.1) is 0 Å². The van der Waals surface area contributed by atoms with Crippen molar-refractivity contribution in [1.29, 1.82) is 5.26 Å². The van der Waals surface area contributed by atoms with Gasteiger partial charge in [-0.05, 0) is 24.0 Å². The Balaban J connectivity index is 2.79. The van der Waals surface area contributed by atoms with Gasteiger partial charge in [-0.3, -0.25) is 0 Å². The quantitative estimate of drug-likeness (QED) is 0.789. The normalized spacial score (nSPS) is 12.1. The maximum Gasteiger partial charge on any atom is 0.0734 e. The van der Waals surface area contributed by atoms with Crippen molar-refractivity contribution in [3.63, 3.8) is 0 Å². The average molecular weight is 189 g/mol. The molecule has 74 valence electrons. The van der Waals surface area contributed by atoms with Crippen molar-refractivity contribution in [2.24, 2.45) is 0 Å². The highest BCUT2D eigenvalue weighted by molar-refractivity contribution is 5.28. The first-order valence-corrected chi connectivity index (χ1v) is 4.91. The fourth-order valence-corrected chi connectivity index (χ4v) is 1.42. The van der Waals surface area contributed by atoms with Gasteiger partial charge >= 0.3 is 0 Å². The number of benzene rings is 1. The molecule has 0 radical (unpaired) electrons. The Morgan fingerprint density at radius 2 is 2.00 bits per heavy atom. The number of rotatable bonds is 4. The molecule has 0 saturated heterocycles. The van der Waals surface area contributed by atoms with E-state index in [2.05, 4.69) is 13.0 Å². The molecule has 1 unspecified atom stereocenters. The minimum absolute atomic E-state index is 0.0632. The van der Waals surface area contributed by atoms with Crippen LogP contribution in [0, 0.1) is 11.3 Å². The topological polar surface area (TPSA) is 44.0 Å². The number of aliphatic hydroxyl groups is 1. The molecule has 1 rings (SSSR count). The first-order valence-electron chi connectivity index (χ1n) is 4.91. The molecule has 0 aliphatic heterocycles. The van der Waals surface area contributed by atoms with Crippen LogP contribution in [-0.2, 0) is 6.42 Å². The Morgan fingerprint density at radius 1 is 1.36 bits per heavy atom. The third kappa shape index (κ3) is 2.58. The molecule has 14 heavy (non-hydrogen) atoms. The Labute approximate surface area is 84.8 Å². The fraction of sp³-hybridized carbons (Fsp3) is 0.417. The van der Waals surface area contributed by atoms with Gasteiger partial charge < -0.3 is 5.11 Å². The van der Waals surface area contributed by atoms with Gasteiger partial charge in [-0.1, -0.05) is 31.2 Å². The van der Waals surface area contributed by atoms with E-state index in [0.717, 1.165) is 12.0 Å². The van der Waals surface area contributed by atoms with Gasteiger partial charge in [-0.25, -0.2) is 0 Å². The lowest BCUT2D eigenvalue weighted by atomic mass is 9.96. The molecule has 1 N–H and O–H groups in total. The summed E-state index contributed by atoms with van der Waals surface area (Å²) in [5.41, 5.74) is 2.27. The van der Waals surface area contributed by atoms with Crippen LogP contribution in [0.1, 0.15) is 30.4 Å². The Morgan fingerprint density at radius 3 is 2.43 bits per heavy atom. The molecular weight excluding hydrogens is 174 g/mol. The van der Waals surface area contributed by atoms with Gasteiger partial charge in [0, 0.05) is 6.61 Å². The minimum atomic E-state index is -0.175. The molecule has 0 aliphatic carbocycles. The van der Waals surface area contributed by atoms with Gasteiger partial charge in [0.15, 0.2) is 0 Å². The van der Waals surface area contributed by atoms with Gasteiger partial charge in [-0.2, -0.15) is 5.26 Å². The molecule has 2 nitrogen and oxygen atoms in total. The van der Waals surface area contributed by atoms with Crippen LogP contribution < -0.4 is 0 Å². The summed E-state index contributed by atoms with van der Waals surface area (Å²) in [5.74, 6) is -0.175. The largest absolute Gasteiger partial charge is 0.396 e. The van der Waals surface area contributed by atoms with Crippen molar-refractivity contribution >= 4 is 0 Å². The zero-order valence-corrected chi connectivity index (χ0v) is 8.40. The standard InChI is InChI=1S/C12H15NO/c1-2-10-3-5-11(6-4-10)12(9-13)7-8-14/h3-6,12,14H,2,7-8H2,1H3. The van der Waals surface area contributed by atoms with Crippen molar-refractivity contribution in [3.05, 3.63) is 35.4 Å². The van der Waals surface area contributed by atoms with E-state index in [1.165, 1.54) is 5.56 Å². The van der Waals surface area contributed by atoms with Crippen molar-refractivity contribution in [2.75, 3.05) is 6.61 Å². The van der Waals surface area contributed by atoms with E-state index in [9.17, 15) is 0 Å². The SMILES string of the molecule is CCc1ccc(C(C#N)CCO)cc1. The summed E-state index contributed by atoms with van der Waals surface area (Å²) >= 11 is 0. The molecule has 0 fully saturated rings. The lowest BCUT2D eigenvalue weighted by molar-refractivity contribution is 0.283. The van der Waals surface area contributed by atoms with E-state index in [1.54, 1.807) is 0 Å². The number of nitriles is 1. The summed E-state index contributed by atoms with van der Waals surface area (Å²) < 4.78 is 0. The zero-order valence-electron chi connectivity index (χ0n) is 8.40. The molecule has 1 aromatic carbocycles. The maximum atomic E-state index is 8.88. The second-order valence-corrected chi connectivity index (χ2v) is 3.29. The summed E-state index contributed by atoms with van der Waals surface area (Å²) in [4.78, 5) is 0. The number of aryl methyl sites for hydroxylation is 1. The lowest BCUT2D eigenvalue weighted by Crippen LogP contribution is -1.98. The van der Waals surface area contributed by atoms with Crippen LogP contribution in [0.4, 0.5) is 0 Å². The molecular formula is C12H15NO. The van der Waals surface area contributed by atoms with Crippen LogP contribution >= 0.6 is 0 Å². The van der Waals surface area contributed by atoms with Crippen molar-refractivity contribution < 1.29 is 5.11 Å². The van der Waals surface area contributed by atoms with Crippen molar-refractivity contribution in [1.82, 2.24) is 0 Å². The van der Waals surface area contributed by atoms with Crippen LogP contribution in [-0.4, -0.2) is 11.7 Å². The van der Waals surface area contributed by atoms with Crippen molar-refractivity contribution in [2.45, 2.75) is 25.7 Å². The van der Waals surface area contributed by atoms with Gasteiger partial charge in [0.2, 0.25) is 0 Å². The molecule has 0 amide bonds. The first kappa shape index (κ1) is 10.7. The van der Waals surface area contributed by atoms with Crippen LogP contribution in [0.3, 0.4) is 0 Å². The molecule has 1 aromatic rings. The average Bonchev–Trinajstić information content (AvgIpc) is 2.26. The van der Waals surface area contributed by atoms with Gasteiger partial charge in [0.05, 0.1) is 12.0 Å². The predicted molar refractivity (Wildman–Crippen MR) is 55.9 cm³/mol. The molecule has 2 heteroatoms. The molecule has 0 saturated carbocycles. The summed E-state index contributed by atoms with van der Waals surface area (Å²) in [6.07, 6.45) is 1.53. The number of hydrogen-bond acceptors (Lipinski definition) is 2. The molecule has 0 aliphatic rings. The lowest BCUT2D eigenvalue weighted by Gasteiger charge is -2.07. The predicted octanol–water partition coefficient (Wildman–Crippen LogP) is 2.24. The van der Waals surface area contributed by atoms with Crippen molar-refractivity contribution in [3.8, 4) is 6.07 Å². The Bertz CT molecular complexity index is 310. The molecule has 0 heterocycles. The molecule has 0 aromatic heterocycles.